The maximum absolute atomic E-state index is 9.06. The van der Waals surface area contributed by atoms with E-state index >= 15 is 0 Å². The van der Waals surface area contributed by atoms with E-state index in [0.29, 0.717) is 5.15 Å². The van der Waals surface area contributed by atoms with Crippen molar-refractivity contribution in [2.24, 2.45) is 0 Å². The van der Waals surface area contributed by atoms with E-state index in [4.69, 9.17) is 16.7 Å². The van der Waals surface area contributed by atoms with E-state index in [9.17, 15) is 0 Å². The summed E-state index contributed by atoms with van der Waals surface area (Å²) in [6.45, 7) is 0.154. The Labute approximate surface area is 81.8 Å². The van der Waals surface area contributed by atoms with Crippen LogP contribution in [0.2, 0.25) is 5.15 Å². The largest absolute Gasteiger partial charge is 0.394 e. The Balaban J connectivity index is 2.09. The lowest BCUT2D eigenvalue weighted by Crippen LogP contribution is -2.26. The highest BCUT2D eigenvalue weighted by Gasteiger charge is 2.42. The first-order chi connectivity index (χ1) is 6.24. The zero-order valence-electron chi connectivity index (χ0n) is 7.13. The molecule has 0 amide bonds. The zero-order valence-corrected chi connectivity index (χ0v) is 7.88. The van der Waals surface area contributed by atoms with Crippen molar-refractivity contribution in [1.29, 1.82) is 0 Å². The van der Waals surface area contributed by atoms with E-state index in [1.165, 1.54) is 0 Å². The van der Waals surface area contributed by atoms with Gasteiger partial charge in [0.25, 0.3) is 0 Å². The number of aliphatic hydroxyl groups excluding tert-OH is 1. The summed E-state index contributed by atoms with van der Waals surface area (Å²) in [6.07, 6.45) is 2.00. The topological polar surface area (TPSA) is 45.1 Å². The summed E-state index contributed by atoms with van der Waals surface area (Å²) in [7, 11) is 0. The summed E-state index contributed by atoms with van der Waals surface area (Å²) in [6, 6.07) is 5.41. The molecule has 2 rings (SSSR count). The Kier molecular flexibility index (Phi) is 2.14. The van der Waals surface area contributed by atoms with Crippen LogP contribution in [0.15, 0.2) is 18.2 Å². The Hall–Kier alpha value is -0.800. The van der Waals surface area contributed by atoms with Gasteiger partial charge in [0.1, 0.15) is 11.0 Å². The smallest absolute Gasteiger partial charge is 0.131 e. The molecular formula is C9H11ClN2O. The highest BCUT2D eigenvalue weighted by atomic mass is 35.5. The zero-order chi connectivity index (χ0) is 9.31. The fourth-order valence-electron chi connectivity index (χ4n) is 1.22. The summed E-state index contributed by atoms with van der Waals surface area (Å²) in [5, 5.41) is 12.7. The number of aromatic nitrogens is 1. The summed E-state index contributed by atoms with van der Waals surface area (Å²) in [5.74, 6) is 0.735. The molecule has 70 valence electrons. The quantitative estimate of drug-likeness (QED) is 0.727. The molecule has 0 atom stereocenters. The first kappa shape index (κ1) is 8.78. The fraction of sp³-hybridized carbons (Fsp3) is 0.444. The van der Waals surface area contributed by atoms with Crippen molar-refractivity contribution in [2.75, 3.05) is 11.9 Å². The van der Waals surface area contributed by atoms with Crippen LogP contribution in [0.3, 0.4) is 0 Å². The molecule has 13 heavy (non-hydrogen) atoms. The maximum Gasteiger partial charge on any atom is 0.131 e. The molecule has 1 aliphatic rings. The van der Waals surface area contributed by atoms with E-state index in [1.807, 2.05) is 12.1 Å². The number of anilines is 1. The van der Waals surface area contributed by atoms with Crippen LogP contribution in [0.4, 0.5) is 5.82 Å². The molecule has 1 aromatic rings. The molecule has 2 N–H and O–H groups in total. The summed E-state index contributed by atoms with van der Waals surface area (Å²) >= 11 is 5.72. The summed E-state index contributed by atoms with van der Waals surface area (Å²) < 4.78 is 0. The van der Waals surface area contributed by atoms with Gasteiger partial charge in [-0.15, -0.1) is 0 Å². The lowest BCUT2D eigenvalue weighted by Gasteiger charge is -2.14. The van der Waals surface area contributed by atoms with Gasteiger partial charge in [-0.05, 0) is 25.0 Å². The second kappa shape index (κ2) is 3.16. The second-order valence-corrected chi connectivity index (χ2v) is 3.80. The van der Waals surface area contributed by atoms with E-state index in [2.05, 4.69) is 10.3 Å². The standard InChI is InChI=1S/C9H11ClN2O/c10-7-2-1-3-8(11-7)12-9(6-13)4-5-9/h1-3,13H,4-6H2,(H,11,12). The monoisotopic (exact) mass is 198 g/mol. The Morgan fingerprint density at radius 2 is 2.31 bits per heavy atom. The van der Waals surface area contributed by atoms with Crippen molar-refractivity contribution >= 4 is 17.4 Å². The average Bonchev–Trinajstić information content (AvgIpc) is 2.86. The summed E-state index contributed by atoms with van der Waals surface area (Å²) in [4.78, 5) is 4.09. The van der Waals surface area contributed by atoms with E-state index in [-0.39, 0.29) is 12.1 Å². The number of hydrogen-bond acceptors (Lipinski definition) is 3. The average molecular weight is 199 g/mol. The molecule has 3 nitrogen and oxygen atoms in total. The van der Waals surface area contributed by atoms with Gasteiger partial charge in [-0.25, -0.2) is 4.98 Å². The first-order valence-corrected chi connectivity index (χ1v) is 4.64. The van der Waals surface area contributed by atoms with Gasteiger partial charge in [0.2, 0.25) is 0 Å². The van der Waals surface area contributed by atoms with E-state index in [1.54, 1.807) is 6.07 Å². The molecule has 0 unspecified atom stereocenters. The minimum Gasteiger partial charge on any atom is -0.394 e. The van der Waals surface area contributed by atoms with Gasteiger partial charge in [0.15, 0.2) is 0 Å². The van der Waals surface area contributed by atoms with Crippen molar-refractivity contribution in [3.8, 4) is 0 Å². The molecule has 1 aliphatic carbocycles. The van der Waals surface area contributed by atoms with Crippen molar-refractivity contribution in [3.63, 3.8) is 0 Å². The van der Waals surface area contributed by atoms with Crippen molar-refractivity contribution in [3.05, 3.63) is 23.4 Å². The van der Waals surface area contributed by atoms with Crippen molar-refractivity contribution < 1.29 is 5.11 Å². The third-order valence-corrected chi connectivity index (χ3v) is 2.48. The van der Waals surface area contributed by atoms with Crippen LogP contribution in [0.5, 0.6) is 0 Å². The lowest BCUT2D eigenvalue weighted by atomic mass is 10.3. The highest BCUT2D eigenvalue weighted by Crippen LogP contribution is 2.37. The van der Waals surface area contributed by atoms with Crippen LogP contribution in [0.1, 0.15) is 12.8 Å². The molecule has 1 saturated carbocycles. The van der Waals surface area contributed by atoms with Gasteiger partial charge < -0.3 is 10.4 Å². The predicted octanol–water partition coefficient (Wildman–Crippen LogP) is 1.67. The van der Waals surface area contributed by atoms with Crippen LogP contribution in [0.25, 0.3) is 0 Å². The molecule has 0 saturated heterocycles. The third-order valence-electron chi connectivity index (χ3n) is 2.26. The number of nitrogens with zero attached hydrogens (tertiary/aromatic N) is 1. The number of hydrogen-bond donors (Lipinski definition) is 2. The van der Waals surface area contributed by atoms with Gasteiger partial charge in [0.05, 0.1) is 12.1 Å². The van der Waals surface area contributed by atoms with Crippen LogP contribution in [-0.4, -0.2) is 22.2 Å². The van der Waals surface area contributed by atoms with Gasteiger partial charge in [-0.2, -0.15) is 0 Å². The number of nitrogens with one attached hydrogen (secondary N) is 1. The molecule has 1 aromatic heterocycles. The Morgan fingerprint density at radius 1 is 1.54 bits per heavy atom. The SMILES string of the molecule is OCC1(Nc2cccc(Cl)n2)CC1. The molecule has 1 fully saturated rings. The van der Waals surface area contributed by atoms with Gasteiger partial charge >= 0.3 is 0 Å². The number of aliphatic hydroxyl groups is 1. The number of pyridine rings is 1. The molecule has 0 spiro atoms. The normalized spacial score (nSPS) is 18.3. The van der Waals surface area contributed by atoms with Crippen molar-refractivity contribution in [1.82, 2.24) is 4.98 Å². The Morgan fingerprint density at radius 3 is 2.85 bits per heavy atom. The van der Waals surface area contributed by atoms with E-state index < -0.39 is 0 Å². The molecule has 0 aliphatic heterocycles. The summed E-state index contributed by atoms with van der Waals surface area (Å²) in [5.41, 5.74) is -0.127. The Bertz CT molecular complexity index is 312. The molecular weight excluding hydrogens is 188 g/mol. The lowest BCUT2D eigenvalue weighted by molar-refractivity contribution is 0.266. The molecule has 0 bridgehead atoms. The minimum atomic E-state index is -0.127. The molecule has 1 heterocycles. The van der Waals surface area contributed by atoms with E-state index in [0.717, 1.165) is 18.7 Å². The second-order valence-electron chi connectivity index (χ2n) is 3.41. The van der Waals surface area contributed by atoms with Crippen molar-refractivity contribution in [2.45, 2.75) is 18.4 Å². The fourth-order valence-corrected chi connectivity index (χ4v) is 1.39. The van der Waals surface area contributed by atoms with Gasteiger partial charge in [0, 0.05) is 0 Å². The van der Waals surface area contributed by atoms with Crippen LogP contribution in [-0.2, 0) is 0 Å². The third kappa shape index (κ3) is 1.92. The first-order valence-electron chi connectivity index (χ1n) is 4.26. The predicted molar refractivity (Wildman–Crippen MR) is 51.9 cm³/mol. The molecule has 0 radical (unpaired) electrons. The van der Waals surface area contributed by atoms with Gasteiger partial charge in [-0.3, -0.25) is 0 Å². The highest BCUT2D eigenvalue weighted by molar-refractivity contribution is 6.29. The maximum atomic E-state index is 9.06. The van der Waals surface area contributed by atoms with Crippen LogP contribution >= 0.6 is 11.6 Å². The van der Waals surface area contributed by atoms with Crippen LogP contribution < -0.4 is 5.32 Å². The van der Waals surface area contributed by atoms with Gasteiger partial charge in [-0.1, -0.05) is 17.7 Å². The molecule has 0 aromatic carbocycles. The van der Waals surface area contributed by atoms with Crippen LogP contribution in [0, 0.1) is 0 Å². The molecule has 4 heteroatoms. The minimum absolute atomic E-state index is 0.127. The number of rotatable bonds is 3. The number of halogens is 1.